The van der Waals surface area contributed by atoms with Gasteiger partial charge in [0.25, 0.3) is 5.91 Å². The lowest BCUT2D eigenvalue weighted by Gasteiger charge is -2.10. The maximum absolute atomic E-state index is 12.3. The molecule has 2 rings (SSSR count). The molecule has 0 aliphatic rings. The first-order chi connectivity index (χ1) is 9.93. The number of carbonyl (C=O) groups is 2. The fourth-order valence-corrected chi connectivity index (χ4v) is 2.93. The number of hydrogen-bond acceptors (Lipinski definition) is 4. The Bertz CT molecular complexity index is 716. The summed E-state index contributed by atoms with van der Waals surface area (Å²) in [7, 11) is 1.45. The largest absolute Gasteiger partial charge is 0.496 e. The summed E-state index contributed by atoms with van der Waals surface area (Å²) in [5.41, 5.74) is 0.486. The smallest absolute Gasteiger partial charge is 0.348 e. The van der Waals surface area contributed by atoms with Crippen LogP contribution in [-0.2, 0) is 0 Å². The Morgan fingerprint density at radius 1 is 1.43 bits per heavy atom. The minimum absolute atomic E-state index is 0.0684. The number of thiophene rings is 1. The number of benzene rings is 1. The summed E-state index contributed by atoms with van der Waals surface area (Å²) < 4.78 is 5.92. The van der Waals surface area contributed by atoms with Crippen molar-refractivity contribution in [2.24, 2.45) is 0 Å². The average molecular weight is 438 g/mol. The predicted molar refractivity (Wildman–Crippen MR) is 90.0 cm³/mol. The third-order valence-corrected chi connectivity index (χ3v) is 5.02. The van der Waals surface area contributed by atoms with E-state index in [-0.39, 0.29) is 16.1 Å². The lowest BCUT2D eigenvalue weighted by atomic mass is 10.2. The van der Waals surface area contributed by atoms with E-state index < -0.39 is 11.9 Å². The van der Waals surface area contributed by atoms with Crippen molar-refractivity contribution < 1.29 is 19.4 Å². The molecule has 0 aliphatic heterocycles. The number of amides is 1. The van der Waals surface area contributed by atoms with Crippen LogP contribution in [0.3, 0.4) is 0 Å². The first-order valence-electron chi connectivity index (χ1n) is 5.59. The van der Waals surface area contributed by atoms with Gasteiger partial charge in [-0.1, -0.05) is 11.6 Å². The van der Waals surface area contributed by atoms with E-state index in [1.165, 1.54) is 19.2 Å². The van der Waals surface area contributed by atoms with Gasteiger partial charge in [0.15, 0.2) is 0 Å². The van der Waals surface area contributed by atoms with Crippen molar-refractivity contribution >= 4 is 63.1 Å². The number of carboxylic acid groups (broad SMARTS) is 1. The number of anilines is 1. The minimum atomic E-state index is -1.09. The van der Waals surface area contributed by atoms with Crippen LogP contribution < -0.4 is 10.1 Å². The number of aromatic carboxylic acids is 1. The number of carboxylic acids is 1. The van der Waals surface area contributed by atoms with Crippen LogP contribution in [-0.4, -0.2) is 24.1 Å². The van der Waals surface area contributed by atoms with Crippen LogP contribution in [0.25, 0.3) is 0 Å². The summed E-state index contributed by atoms with van der Waals surface area (Å²) in [5, 5.41) is 13.6. The molecule has 5 nitrogen and oxygen atoms in total. The molecule has 1 aromatic heterocycles. The van der Waals surface area contributed by atoms with E-state index in [4.69, 9.17) is 21.4 Å². The van der Waals surface area contributed by atoms with Crippen molar-refractivity contribution in [1.29, 1.82) is 0 Å². The van der Waals surface area contributed by atoms with E-state index in [1.807, 2.05) is 22.6 Å². The van der Waals surface area contributed by atoms with E-state index >= 15 is 0 Å². The number of halogens is 2. The van der Waals surface area contributed by atoms with Gasteiger partial charge in [-0.3, -0.25) is 4.79 Å². The zero-order valence-corrected chi connectivity index (χ0v) is 14.4. The molecule has 1 amide bonds. The Labute approximate surface area is 143 Å². The molecular formula is C13H9ClINO4S. The monoisotopic (exact) mass is 437 g/mol. The van der Waals surface area contributed by atoms with Crippen molar-refractivity contribution in [3.63, 3.8) is 0 Å². The molecule has 2 aromatic rings. The van der Waals surface area contributed by atoms with E-state index in [0.29, 0.717) is 10.8 Å². The van der Waals surface area contributed by atoms with Crippen LogP contribution >= 0.6 is 45.5 Å². The fourth-order valence-electron chi connectivity index (χ4n) is 1.64. The molecule has 0 unspecified atom stereocenters. The Morgan fingerprint density at radius 2 is 2.14 bits per heavy atom. The molecule has 0 atom stereocenters. The highest BCUT2D eigenvalue weighted by molar-refractivity contribution is 14.1. The van der Waals surface area contributed by atoms with Crippen molar-refractivity contribution in [3.05, 3.63) is 42.6 Å². The topological polar surface area (TPSA) is 75.6 Å². The SMILES string of the molecule is COc1cc(I)c(Cl)cc1C(=O)Nc1ccsc1C(=O)O. The van der Waals surface area contributed by atoms with Gasteiger partial charge in [-0.05, 0) is 46.2 Å². The van der Waals surface area contributed by atoms with Crippen LogP contribution in [0.1, 0.15) is 20.0 Å². The number of ether oxygens (including phenoxy) is 1. The quantitative estimate of drug-likeness (QED) is 0.710. The standard InChI is InChI=1S/C13H9ClINO4S/c1-20-10-5-8(15)7(14)4-6(10)12(17)16-9-2-3-21-11(9)13(18)19/h2-5H,1H3,(H,16,17)(H,18,19). The molecule has 0 fully saturated rings. The molecule has 2 N–H and O–H groups in total. The van der Waals surface area contributed by atoms with Gasteiger partial charge in [0, 0.05) is 3.57 Å². The summed E-state index contributed by atoms with van der Waals surface area (Å²) in [6, 6.07) is 4.67. The van der Waals surface area contributed by atoms with Crippen LogP contribution in [0.2, 0.25) is 5.02 Å². The molecule has 110 valence electrons. The summed E-state index contributed by atoms with van der Waals surface area (Å²) in [6.45, 7) is 0. The summed E-state index contributed by atoms with van der Waals surface area (Å²) >= 11 is 9.08. The normalized spacial score (nSPS) is 10.2. The maximum atomic E-state index is 12.3. The molecule has 21 heavy (non-hydrogen) atoms. The van der Waals surface area contributed by atoms with Crippen molar-refractivity contribution in [1.82, 2.24) is 0 Å². The van der Waals surface area contributed by atoms with Gasteiger partial charge >= 0.3 is 5.97 Å². The van der Waals surface area contributed by atoms with Crippen LogP contribution in [0.5, 0.6) is 5.75 Å². The lowest BCUT2D eigenvalue weighted by molar-refractivity contribution is 0.0703. The molecule has 0 saturated carbocycles. The first-order valence-corrected chi connectivity index (χ1v) is 7.93. The van der Waals surface area contributed by atoms with Gasteiger partial charge in [0.05, 0.1) is 23.4 Å². The summed E-state index contributed by atoms with van der Waals surface area (Å²) in [5.74, 6) is -1.20. The first kappa shape index (κ1) is 16.1. The second kappa shape index (κ2) is 6.63. The highest BCUT2D eigenvalue weighted by Crippen LogP contribution is 2.30. The molecule has 0 saturated heterocycles. The number of hydrogen-bond donors (Lipinski definition) is 2. The van der Waals surface area contributed by atoms with E-state index in [1.54, 1.807) is 11.4 Å². The average Bonchev–Trinajstić information content (AvgIpc) is 2.89. The molecule has 0 radical (unpaired) electrons. The Balaban J connectivity index is 2.34. The van der Waals surface area contributed by atoms with Crippen molar-refractivity contribution in [2.45, 2.75) is 0 Å². The van der Waals surface area contributed by atoms with Crippen LogP contribution in [0.4, 0.5) is 5.69 Å². The molecule has 0 bridgehead atoms. The molecule has 0 aliphatic carbocycles. The molecule has 8 heteroatoms. The third-order valence-electron chi connectivity index (χ3n) is 2.59. The van der Waals surface area contributed by atoms with Gasteiger partial charge < -0.3 is 15.2 Å². The molecule has 0 spiro atoms. The van der Waals surface area contributed by atoms with Gasteiger partial charge in [0.1, 0.15) is 10.6 Å². The highest BCUT2D eigenvalue weighted by atomic mass is 127. The van der Waals surface area contributed by atoms with Crippen LogP contribution in [0.15, 0.2) is 23.6 Å². The number of carbonyl (C=O) groups excluding carboxylic acids is 1. The van der Waals surface area contributed by atoms with Crippen molar-refractivity contribution in [2.75, 3.05) is 12.4 Å². The molecule has 1 aromatic carbocycles. The number of nitrogens with one attached hydrogen (secondary N) is 1. The van der Waals surface area contributed by atoms with Gasteiger partial charge in [0.2, 0.25) is 0 Å². The number of methoxy groups -OCH3 is 1. The second-order valence-corrected chi connectivity index (χ2v) is 6.37. The molecule has 1 heterocycles. The fraction of sp³-hybridized carbons (Fsp3) is 0.0769. The molecular weight excluding hydrogens is 429 g/mol. The Morgan fingerprint density at radius 3 is 2.76 bits per heavy atom. The van der Waals surface area contributed by atoms with Crippen molar-refractivity contribution in [3.8, 4) is 5.75 Å². The van der Waals surface area contributed by atoms with Gasteiger partial charge in [-0.2, -0.15) is 0 Å². The second-order valence-electron chi connectivity index (χ2n) is 3.89. The minimum Gasteiger partial charge on any atom is -0.496 e. The lowest BCUT2D eigenvalue weighted by Crippen LogP contribution is -2.14. The zero-order chi connectivity index (χ0) is 15.6. The summed E-state index contributed by atoms with van der Waals surface area (Å²) in [4.78, 5) is 23.4. The van der Waals surface area contributed by atoms with Gasteiger partial charge in [-0.15, -0.1) is 11.3 Å². The Hall–Kier alpha value is -1.32. The van der Waals surface area contributed by atoms with E-state index in [2.05, 4.69) is 5.32 Å². The highest BCUT2D eigenvalue weighted by Gasteiger charge is 2.19. The zero-order valence-electron chi connectivity index (χ0n) is 10.6. The summed E-state index contributed by atoms with van der Waals surface area (Å²) in [6.07, 6.45) is 0. The Kier molecular flexibility index (Phi) is 5.07. The van der Waals surface area contributed by atoms with Crippen LogP contribution in [0, 0.1) is 3.57 Å². The number of rotatable bonds is 4. The maximum Gasteiger partial charge on any atom is 0.348 e. The van der Waals surface area contributed by atoms with E-state index in [9.17, 15) is 9.59 Å². The van der Waals surface area contributed by atoms with E-state index in [0.717, 1.165) is 14.9 Å². The van der Waals surface area contributed by atoms with Gasteiger partial charge in [-0.25, -0.2) is 4.79 Å². The third kappa shape index (κ3) is 3.47. The predicted octanol–water partition coefficient (Wildman–Crippen LogP) is 3.97.